The Morgan fingerprint density at radius 3 is 1.79 bits per heavy atom. The number of amides is 2. The van der Waals surface area contributed by atoms with Gasteiger partial charge in [-0.2, -0.15) is 13.2 Å². The topological polar surface area (TPSA) is 40.6 Å². The van der Waals surface area contributed by atoms with Crippen LogP contribution in [0.1, 0.15) is 26.3 Å². The molecule has 2 aromatic carbocycles. The van der Waals surface area contributed by atoms with Crippen LogP contribution in [0.4, 0.5) is 26.3 Å². The third-order valence-electron chi connectivity index (χ3n) is 4.55. The lowest BCUT2D eigenvalue weighted by atomic mass is 10.1. The van der Waals surface area contributed by atoms with Gasteiger partial charge in [-0.1, -0.05) is 6.07 Å². The first kappa shape index (κ1) is 20.7. The fraction of sp³-hybridized carbons (Fsp3) is 0.263. The normalized spacial score (nSPS) is 14.8. The van der Waals surface area contributed by atoms with E-state index in [1.54, 1.807) is 0 Å². The Balaban J connectivity index is 1.71. The second kappa shape index (κ2) is 7.76. The molecule has 0 unspecified atom stereocenters. The highest BCUT2D eigenvalue weighted by Gasteiger charge is 2.35. The first-order valence-electron chi connectivity index (χ1n) is 8.49. The quantitative estimate of drug-likeness (QED) is 0.701. The third kappa shape index (κ3) is 4.20. The number of piperazine rings is 1. The molecule has 1 aliphatic rings. The van der Waals surface area contributed by atoms with Crippen LogP contribution in [0, 0.1) is 17.5 Å². The maximum Gasteiger partial charge on any atom is 0.419 e. The molecule has 1 heterocycles. The van der Waals surface area contributed by atoms with Crippen molar-refractivity contribution in [2.75, 3.05) is 26.2 Å². The predicted octanol–water partition coefficient (Wildman–Crippen LogP) is 3.72. The fourth-order valence-corrected chi connectivity index (χ4v) is 3.03. The molecule has 0 aromatic heterocycles. The molecule has 3 rings (SSSR count). The number of rotatable bonds is 2. The van der Waals surface area contributed by atoms with E-state index in [-0.39, 0.29) is 31.7 Å². The Hall–Kier alpha value is -3.04. The lowest BCUT2D eigenvalue weighted by Crippen LogP contribution is -2.50. The van der Waals surface area contributed by atoms with Crippen molar-refractivity contribution in [1.82, 2.24) is 9.80 Å². The minimum atomic E-state index is -4.95. The number of alkyl halides is 3. The number of nitrogens with zero attached hydrogens (tertiary/aromatic N) is 2. The Bertz CT molecular complexity index is 932. The van der Waals surface area contributed by atoms with Crippen molar-refractivity contribution < 1.29 is 35.9 Å². The minimum Gasteiger partial charge on any atom is -0.335 e. The third-order valence-corrected chi connectivity index (χ3v) is 4.55. The molecular formula is C19H14F6N2O2. The number of carbonyl (C=O) groups excluding carboxylic acids is 2. The van der Waals surface area contributed by atoms with Gasteiger partial charge in [-0.05, 0) is 30.3 Å². The van der Waals surface area contributed by atoms with Gasteiger partial charge < -0.3 is 9.80 Å². The number of hydrogen-bond acceptors (Lipinski definition) is 2. The molecule has 1 saturated heterocycles. The molecule has 0 spiro atoms. The van der Waals surface area contributed by atoms with E-state index in [0.29, 0.717) is 12.1 Å². The van der Waals surface area contributed by atoms with Gasteiger partial charge in [0.1, 0.15) is 23.0 Å². The van der Waals surface area contributed by atoms with Crippen molar-refractivity contribution in [1.29, 1.82) is 0 Å². The predicted molar refractivity (Wildman–Crippen MR) is 89.6 cm³/mol. The van der Waals surface area contributed by atoms with Gasteiger partial charge in [0.05, 0.1) is 5.56 Å². The van der Waals surface area contributed by atoms with Gasteiger partial charge in [0.25, 0.3) is 11.8 Å². The van der Waals surface area contributed by atoms with Crippen LogP contribution >= 0.6 is 0 Å². The Kier molecular flexibility index (Phi) is 5.54. The molecule has 2 amide bonds. The van der Waals surface area contributed by atoms with Crippen molar-refractivity contribution in [2.45, 2.75) is 6.18 Å². The molecule has 0 atom stereocenters. The van der Waals surface area contributed by atoms with E-state index in [4.69, 9.17) is 0 Å². The molecule has 2 aromatic rings. The second-order valence-corrected chi connectivity index (χ2v) is 6.37. The van der Waals surface area contributed by atoms with E-state index in [0.717, 1.165) is 29.2 Å². The molecule has 1 aliphatic heterocycles. The summed E-state index contributed by atoms with van der Waals surface area (Å²) in [5.74, 6) is -5.16. The van der Waals surface area contributed by atoms with Crippen LogP contribution in [0.2, 0.25) is 0 Å². The lowest BCUT2D eigenvalue weighted by Gasteiger charge is -2.35. The van der Waals surface area contributed by atoms with E-state index in [2.05, 4.69) is 0 Å². The minimum absolute atomic E-state index is 0.0562. The first-order chi connectivity index (χ1) is 13.6. The number of carbonyl (C=O) groups is 2. The highest BCUT2D eigenvalue weighted by atomic mass is 19.4. The maximum absolute atomic E-state index is 13.8. The van der Waals surface area contributed by atoms with Gasteiger partial charge in [0.15, 0.2) is 0 Å². The average Bonchev–Trinajstić information content (AvgIpc) is 2.67. The summed E-state index contributed by atoms with van der Waals surface area (Å²) in [4.78, 5) is 27.2. The van der Waals surface area contributed by atoms with Crippen LogP contribution < -0.4 is 0 Å². The highest BCUT2D eigenvalue weighted by Crippen LogP contribution is 2.32. The van der Waals surface area contributed by atoms with Crippen LogP contribution in [0.25, 0.3) is 0 Å². The van der Waals surface area contributed by atoms with Crippen LogP contribution in [-0.4, -0.2) is 47.8 Å². The van der Waals surface area contributed by atoms with E-state index < -0.39 is 46.6 Å². The molecule has 4 nitrogen and oxygen atoms in total. The van der Waals surface area contributed by atoms with Gasteiger partial charge in [0.2, 0.25) is 0 Å². The fourth-order valence-electron chi connectivity index (χ4n) is 3.03. The van der Waals surface area contributed by atoms with Gasteiger partial charge in [-0.15, -0.1) is 0 Å². The first-order valence-corrected chi connectivity index (χ1v) is 8.49. The largest absolute Gasteiger partial charge is 0.419 e. The Morgan fingerprint density at radius 1 is 0.759 bits per heavy atom. The Labute approximate surface area is 161 Å². The van der Waals surface area contributed by atoms with Crippen molar-refractivity contribution in [3.05, 3.63) is 70.5 Å². The zero-order valence-electron chi connectivity index (χ0n) is 14.8. The molecule has 0 bridgehead atoms. The highest BCUT2D eigenvalue weighted by molar-refractivity contribution is 5.96. The van der Waals surface area contributed by atoms with Gasteiger partial charge >= 0.3 is 6.18 Å². The van der Waals surface area contributed by atoms with Crippen LogP contribution in [0.3, 0.4) is 0 Å². The summed E-state index contributed by atoms with van der Waals surface area (Å²) in [6.07, 6.45) is -4.95. The van der Waals surface area contributed by atoms with Crippen LogP contribution in [-0.2, 0) is 6.18 Å². The summed E-state index contributed by atoms with van der Waals surface area (Å²) in [7, 11) is 0. The standard InChI is InChI=1S/C19H14F6N2O2/c20-13-5-4-11(10-12(13)19(23,24)25)17(28)26-6-8-27(9-7-26)18(29)16-14(21)2-1-3-15(16)22/h1-5,10H,6-9H2. The summed E-state index contributed by atoms with van der Waals surface area (Å²) >= 11 is 0. The SMILES string of the molecule is O=C(c1ccc(F)c(C(F)(F)F)c1)N1CCN(C(=O)c2c(F)cccc2F)CC1. The summed E-state index contributed by atoms with van der Waals surface area (Å²) in [5, 5.41) is 0. The van der Waals surface area contributed by atoms with Crippen molar-refractivity contribution in [3.8, 4) is 0 Å². The van der Waals surface area contributed by atoms with E-state index in [1.165, 1.54) is 4.90 Å². The molecule has 1 fully saturated rings. The number of hydrogen-bond donors (Lipinski definition) is 0. The van der Waals surface area contributed by atoms with Crippen LogP contribution in [0.15, 0.2) is 36.4 Å². The zero-order valence-corrected chi connectivity index (χ0v) is 14.8. The molecular weight excluding hydrogens is 402 g/mol. The van der Waals surface area contributed by atoms with Gasteiger partial charge in [-0.3, -0.25) is 9.59 Å². The van der Waals surface area contributed by atoms with Crippen LogP contribution in [0.5, 0.6) is 0 Å². The summed E-state index contributed by atoms with van der Waals surface area (Å²) in [5.41, 5.74) is -2.61. The van der Waals surface area contributed by atoms with Gasteiger partial charge in [-0.25, -0.2) is 13.2 Å². The van der Waals surface area contributed by atoms with E-state index in [1.807, 2.05) is 0 Å². The molecule has 0 saturated carbocycles. The molecule has 0 radical (unpaired) electrons. The molecule has 0 aliphatic carbocycles. The number of halogens is 6. The average molecular weight is 416 g/mol. The molecule has 29 heavy (non-hydrogen) atoms. The molecule has 154 valence electrons. The second-order valence-electron chi connectivity index (χ2n) is 6.37. The lowest BCUT2D eigenvalue weighted by molar-refractivity contribution is -0.140. The maximum atomic E-state index is 13.8. The molecule has 10 heteroatoms. The summed E-state index contributed by atoms with van der Waals surface area (Å²) in [6.45, 7) is -0.240. The van der Waals surface area contributed by atoms with Crippen molar-refractivity contribution in [2.24, 2.45) is 0 Å². The monoisotopic (exact) mass is 416 g/mol. The van der Waals surface area contributed by atoms with Crippen molar-refractivity contribution in [3.63, 3.8) is 0 Å². The smallest absolute Gasteiger partial charge is 0.335 e. The summed E-state index contributed by atoms with van der Waals surface area (Å²) in [6, 6.07) is 4.96. The molecule has 0 N–H and O–H groups in total. The van der Waals surface area contributed by atoms with E-state index >= 15 is 0 Å². The van der Waals surface area contributed by atoms with E-state index in [9.17, 15) is 35.9 Å². The Morgan fingerprint density at radius 2 is 1.28 bits per heavy atom. The van der Waals surface area contributed by atoms with Crippen molar-refractivity contribution >= 4 is 11.8 Å². The number of benzene rings is 2. The zero-order chi connectivity index (χ0) is 21.3. The van der Waals surface area contributed by atoms with Gasteiger partial charge in [0, 0.05) is 31.7 Å². The summed E-state index contributed by atoms with van der Waals surface area (Å²) < 4.78 is 79.4.